The summed E-state index contributed by atoms with van der Waals surface area (Å²) in [6.07, 6.45) is 1.33. The van der Waals surface area contributed by atoms with Crippen molar-refractivity contribution in [2.75, 3.05) is 0 Å². The first-order valence-electron chi connectivity index (χ1n) is 7.18. The average molecular weight is 307 g/mol. The van der Waals surface area contributed by atoms with E-state index in [4.69, 9.17) is 5.26 Å². The quantitative estimate of drug-likeness (QED) is 0.647. The second-order valence-corrected chi connectivity index (χ2v) is 5.38. The number of aromatic nitrogens is 2. The smallest absolute Gasteiger partial charge is 0.183 e. The molecule has 0 spiro atoms. The van der Waals surface area contributed by atoms with Gasteiger partial charge in [-0.3, -0.25) is 4.40 Å². The minimum absolute atomic E-state index is 0.109. The Bertz CT molecular complexity index is 934. The Morgan fingerprint density at radius 1 is 1.17 bits per heavy atom. The van der Waals surface area contributed by atoms with E-state index in [1.54, 1.807) is 34.7 Å². The molecule has 5 nitrogen and oxygen atoms in total. The number of nitrogens with zero attached hydrogens (tertiary/aromatic N) is 5. The van der Waals surface area contributed by atoms with Crippen LogP contribution in [0.4, 0.5) is 15.9 Å². The fraction of sp³-hybridized carbons (Fsp3) is 0.176. The van der Waals surface area contributed by atoms with Crippen LogP contribution in [0.1, 0.15) is 31.0 Å². The maximum Gasteiger partial charge on any atom is 0.183 e. The molecule has 2 heterocycles. The Hall–Kier alpha value is -3.07. The van der Waals surface area contributed by atoms with Crippen molar-refractivity contribution in [2.45, 2.75) is 19.8 Å². The molecule has 114 valence electrons. The van der Waals surface area contributed by atoms with Crippen LogP contribution in [0.5, 0.6) is 0 Å². The van der Waals surface area contributed by atoms with Gasteiger partial charge in [0, 0.05) is 6.20 Å². The summed E-state index contributed by atoms with van der Waals surface area (Å²) in [6, 6.07) is 12.0. The van der Waals surface area contributed by atoms with Crippen molar-refractivity contribution < 1.29 is 4.39 Å². The zero-order chi connectivity index (χ0) is 16.4. The van der Waals surface area contributed by atoms with Crippen LogP contribution in [0, 0.1) is 17.1 Å². The highest BCUT2D eigenvalue weighted by Crippen LogP contribution is 2.30. The van der Waals surface area contributed by atoms with Gasteiger partial charge in [0.2, 0.25) is 0 Å². The summed E-state index contributed by atoms with van der Waals surface area (Å²) >= 11 is 0. The number of fused-ring (bicyclic) bond motifs is 1. The van der Waals surface area contributed by atoms with Crippen molar-refractivity contribution in [3.05, 3.63) is 59.7 Å². The van der Waals surface area contributed by atoms with E-state index in [9.17, 15) is 4.39 Å². The third-order valence-corrected chi connectivity index (χ3v) is 3.41. The van der Waals surface area contributed by atoms with Gasteiger partial charge in [-0.15, -0.1) is 10.2 Å². The molecule has 3 aromatic rings. The lowest BCUT2D eigenvalue weighted by molar-refractivity contribution is 0.619. The first-order valence-corrected chi connectivity index (χ1v) is 7.18. The molecule has 0 atom stereocenters. The molecule has 0 N–H and O–H groups in total. The van der Waals surface area contributed by atoms with Crippen molar-refractivity contribution in [3.8, 4) is 6.07 Å². The minimum atomic E-state index is -0.376. The van der Waals surface area contributed by atoms with Crippen LogP contribution in [-0.4, -0.2) is 9.38 Å². The summed E-state index contributed by atoms with van der Waals surface area (Å²) in [5, 5.41) is 17.5. The van der Waals surface area contributed by atoms with E-state index < -0.39 is 0 Å². The van der Waals surface area contributed by atoms with Crippen LogP contribution >= 0.6 is 0 Å². The monoisotopic (exact) mass is 307 g/mol. The number of pyridine rings is 1. The highest BCUT2D eigenvalue weighted by molar-refractivity contribution is 5.55. The van der Waals surface area contributed by atoms with Crippen molar-refractivity contribution >= 4 is 17.2 Å². The molecule has 2 aromatic heterocycles. The number of rotatable bonds is 3. The summed E-state index contributed by atoms with van der Waals surface area (Å²) in [4.78, 5) is 4.49. The van der Waals surface area contributed by atoms with Gasteiger partial charge in [0.05, 0.1) is 11.3 Å². The number of hydrogen-bond donors (Lipinski definition) is 0. The van der Waals surface area contributed by atoms with Gasteiger partial charge in [0.1, 0.15) is 23.2 Å². The molecule has 0 bridgehead atoms. The lowest BCUT2D eigenvalue weighted by atomic mass is 10.1. The maximum atomic E-state index is 13.5. The molecule has 0 aliphatic carbocycles. The van der Waals surface area contributed by atoms with Crippen LogP contribution in [0.15, 0.2) is 52.8 Å². The van der Waals surface area contributed by atoms with E-state index in [2.05, 4.69) is 21.3 Å². The van der Waals surface area contributed by atoms with E-state index in [0.717, 1.165) is 5.69 Å². The summed E-state index contributed by atoms with van der Waals surface area (Å²) in [7, 11) is 0. The van der Waals surface area contributed by atoms with Crippen molar-refractivity contribution in [1.29, 1.82) is 5.26 Å². The molecule has 0 aliphatic heterocycles. The SMILES string of the molecule is CC(C)c1nc2ccc(F)cn2c1N=Nc1ccccc1C#N. The third-order valence-electron chi connectivity index (χ3n) is 3.41. The Balaban J connectivity index is 2.15. The molecule has 1 aromatic carbocycles. The van der Waals surface area contributed by atoms with Gasteiger partial charge in [-0.2, -0.15) is 5.26 Å². The molecule has 0 fully saturated rings. The second kappa shape index (κ2) is 5.97. The Morgan fingerprint density at radius 3 is 2.70 bits per heavy atom. The Labute approximate surface area is 132 Å². The highest BCUT2D eigenvalue weighted by Gasteiger charge is 2.15. The van der Waals surface area contributed by atoms with Gasteiger partial charge in [-0.1, -0.05) is 26.0 Å². The zero-order valence-corrected chi connectivity index (χ0v) is 12.7. The predicted octanol–water partition coefficient (Wildman–Crippen LogP) is 4.88. The van der Waals surface area contributed by atoms with Crippen LogP contribution in [-0.2, 0) is 0 Å². The molecule has 6 heteroatoms. The molecule has 23 heavy (non-hydrogen) atoms. The van der Waals surface area contributed by atoms with E-state index >= 15 is 0 Å². The highest BCUT2D eigenvalue weighted by atomic mass is 19.1. The van der Waals surface area contributed by atoms with Crippen LogP contribution in [0.3, 0.4) is 0 Å². The Morgan fingerprint density at radius 2 is 1.96 bits per heavy atom. The average Bonchev–Trinajstić information content (AvgIpc) is 2.91. The van der Waals surface area contributed by atoms with Crippen LogP contribution < -0.4 is 0 Å². The summed E-state index contributed by atoms with van der Waals surface area (Å²) < 4.78 is 15.1. The molecule has 3 rings (SSSR count). The standard InChI is InChI=1S/C17H14FN5/c1-11(2)16-17(23-10-13(18)7-8-15(23)20-16)22-21-14-6-4-3-5-12(14)9-19/h3-8,10-11H,1-2H3. The molecule has 0 amide bonds. The third kappa shape index (κ3) is 2.81. The molecule has 0 saturated heterocycles. The lowest BCUT2D eigenvalue weighted by Crippen LogP contribution is -1.88. The van der Waals surface area contributed by atoms with Crippen molar-refractivity contribution in [1.82, 2.24) is 9.38 Å². The second-order valence-electron chi connectivity index (χ2n) is 5.38. The molecule has 0 aliphatic rings. The van der Waals surface area contributed by atoms with Gasteiger partial charge < -0.3 is 0 Å². The first kappa shape index (κ1) is 14.9. The molecule has 0 radical (unpaired) electrons. The normalized spacial score (nSPS) is 11.4. The molecule has 0 unspecified atom stereocenters. The van der Waals surface area contributed by atoms with Crippen LogP contribution in [0.2, 0.25) is 0 Å². The van der Waals surface area contributed by atoms with Gasteiger partial charge in [-0.05, 0) is 30.2 Å². The largest absolute Gasteiger partial charge is 0.280 e. The van der Waals surface area contributed by atoms with E-state index in [1.807, 2.05) is 13.8 Å². The first-order chi connectivity index (χ1) is 11.1. The minimum Gasteiger partial charge on any atom is -0.280 e. The fourth-order valence-corrected chi connectivity index (χ4v) is 2.27. The predicted molar refractivity (Wildman–Crippen MR) is 84.6 cm³/mol. The van der Waals surface area contributed by atoms with Gasteiger partial charge >= 0.3 is 0 Å². The van der Waals surface area contributed by atoms with E-state index in [0.29, 0.717) is 22.7 Å². The number of benzene rings is 1. The van der Waals surface area contributed by atoms with Gasteiger partial charge in [0.15, 0.2) is 5.82 Å². The summed E-state index contributed by atoms with van der Waals surface area (Å²) in [5.41, 5.74) is 2.24. The number of azo groups is 1. The van der Waals surface area contributed by atoms with E-state index in [-0.39, 0.29) is 11.7 Å². The van der Waals surface area contributed by atoms with E-state index in [1.165, 1.54) is 12.3 Å². The van der Waals surface area contributed by atoms with Crippen molar-refractivity contribution in [2.24, 2.45) is 10.2 Å². The van der Waals surface area contributed by atoms with Crippen LogP contribution in [0.25, 0.3) is 5.65 Å². The molecular weight excluding hydrogens is 293 g/mol. The number of nitriles is 1. The number of halogens is 1. The lowest BCUT2D eigenvalue weighted by Gasteiger charge is -2.02. The summed E-state index contributed by atoms with van der Waals surface area (Å²) in [6.45, 7) is 3.97. The number of hydrogen-bond acceptors (Lipinski definition) is 4. The van der Waals surface area contributed by atoms with Gasteiger partial charge in [0.25, 0.3) is 0 Å². The molecular formula is C17H14FN5. The number of imidazole rings is 1. The molecule has 0 saturated carbocycles. The summed E-state index contributed by atoms with van der Waals surface area (Å²) in [5.74, 6) is 0.208. The topological polar surface area (TPSA) is 65.8 Å². The maximum absolute atomic E-state index is 13.5. The van der Waals surface area contributed by atoms with Gasteiger partial charge in [-0.25, -0.2) is 9.37 Å². The van der Waals surface area contributed by atoms with Crippen molar-refractivity contribution in [3.63, 3.8) is 0 Å². The fourth-order valence-electron chi connectivity index (χ4n) is 2.27. The zero-order valence-electron chi connectivity index (χ0n) is 12.7. The Kier molecular flexibility index (Phi) is 3.85.